The summed E-state index contributed by atoms with van der Waals surface area (Å²) in [5.74, 6) is -1.49. The standard InChI is InChI=1S/C15H22F2N2O3S/c1-12(11-22-2)10-18-5-7-19(8-6-18)23(20,21)15-4-3-13(16)9-14(15)17/h3-4,9,12H,5-8,10-11H2,1-2H3. The second kappa shape index (κ2) is 7.65. The maximum Gasteiger partial charge on any atom is 0.246 e. The van der Waals surface area contributed by atoms with E-state index in [0.29, 0.717) is 44.8 Å². The van der Waals surface area contributed by atoms with E-state index >= 15 is 0 Å². The van der Waals surface area contributed by atoms with Crippen LogP contribution < -0.4 is 0 Å². The van der Waals surface area contributed by atoms with Crippen molar-refractivity contribution in [3.05, 3.63) is 29.8 Å². The quantitative estimate of drug-likeness (QED) is 0.783. The molecule has 23 heavy (non-hydrogen) atoms. The summed E-state index contributed by atoms with van der Waals surface area (Å²) in [6, 6.07) is 2.53. The monoisotopic (exact) mass is 348 g/mol. The van der Waals surface area contributed by atoms with Crippen LogP contribution in [0.4, 0.5) is 8.78 Å². The number of rotatable bonds is 6. The first kappa shape index (κ1) is 18.3. The first-order valence-electron chi connectivity index (χ1n) is 7.51. The Morgan fingerprint density at radius 2 is 1.87 bits per heavy atom. The summed E-state index contributed by atoms with van der Waals surface area (Å²) in [5.41, 5.74) is 0. The Hall–Kier alpha value is -1.09. The topological polar surface area (TPSA) is 49.9 Å². The third-order valence-corrected chi connectivity index (χ3v) is 5.80. The molecule has 1 aromatic carbocycles. The van der Waals surface area contributed by atoms with Crippen LogP contribution in [0.3, 0.4) is 0 Å². The molecule has 130 valence electrons. The highest BCUT2D eigenvalue weighted by Crippen LogP contribution is 2.21. The summed E-state index contributed by atoms with van der Waals surface area (Å²) >= 11 is 0. The number of halogens is 2. The van der Waals surface area contributed by atoms with Gasteiger partial charge in [-0.1, -0.05) is 6.92 Å². The van der Waals surface area contributed by atoms with Crippen molar-refractivity contribution < 1.29 is 21.9 Å². The summed E-state index contributed by atoms with van der Waals surface area (Å²) < 4.78 is 58.0. The van der Waals surface area contributed by atoms with Gasteiger partial charge in [0.1, 0.15) is 16.5 Å². The van der Waals surface area contributed by atoms with Crippen LogP contribution in [0.25, 0.3) is 0 Å². The maximum atomic E-state index is 13.8. The maximum absolute atomic E-state index is 13.8. The molecule has 0 radical (unpaired) electrons. The highest BCUT2D eigenvalue weighted by Gasteiger charge is 2.31. The van der Waals surface area contributed by atoms with Crippen LogP contribution in [-0.2, 0) is 14.8 Å². The van der Waals surface area contributed by atoms with Gasteiger partial charge in [0.2, 0.25) is 10.0 Å². The van der Waals surface area contributed by atoms with Crippen molar-refractivity contribution in [2.24, 2.45) is 5.92 Å². The average Bonchev–Trinajstić information content (AvgIpc) is 2.47. The normalized spacial score (nSPS) is 19.0. The van der Waals surface area contributed by atoms with Gasteiger partial charge in [0.05, 0.1) is 0 Å². The molecule has 0 aliphatic carbocycles. The fraction of sp³-hybridized carbons (Fsp3) is 0.600. The molecule has 1 aliphatic rings. The van der Waals surface area contributed by atoms with E-state index in [1.807, 2.05) is 0 Å². The molecular formula is C15H22F2N2O3S. The zero-order valence-corrected chi connectivity index (χ0v) is 14.2. The number of ether oxygens (including phenoxy) is 1. The Morgan fingerprint density at radius 1 is 1.22 bits per heavy atom. The van der Waals surface area contributed by atoms with Crippen LogP contribution in [0.1, 0.15) is 6.92 Å². The van der Waals surface area contributed by atoms with Crippen molar-refractivity contribution in [1.82, 2.24) is 9.21 Å². The minimum absolute atomic E-state index is 0.291. The Morgan fingerprint density at radius 3 is 2.43 bits per heavy atom. The second-order valence-electron chi connectivity index (χ2n) is 5.84. The van der Waals surface area contributed by atoms with E-state index in [2.05, 4.69) is 11.8 Å². The van der Waals surface area contributed by atoms with Crippen molar-refractivity contribution in [2.75, 3.05) is 46.4 Å². The van der Waals surface area contributed by atoms with E-state index < -0.39 is 26.6 Å². The van der Waals surface area contributed by atoms with Gasteiger partial charge in [0.15, 0.2) is 0 Å². The molecule has 1 fully saturated rings. The average molecular weight is 348 g/mol. The van der Waals surface area contributed by atoms with Crippen LogP contribution in [-0.4, -0.2) is 64.1 Å². The van der Waals surface area contributed by atoms with Gasteiger partial charge in [0, 0.05) is 52.5 Å². The molecule has 0 N–H and O–H groups in total. The van der Waals surface area contributed by atoms with Crippen LogP contribution in [0.15, 0.2) is 23.1 Å². The van der Waals surface area contributed by atoms with Gasteiger partial charge in [-0.25, -0.2) is 17.2 Å². The molecule has 0 saturated carbocycles. The lowest BCUT2D eigenvalue weighted by Gasteiger charge is -2.35. The van der Waals surface area contributed by atoms with Gasteiger partial charge in [-0.2, -0.15) is 4.31 Å². The van der Waals surface area contributed by atoms with E-state index in [4.69, 9.17) is 4.74 Å². The molecule has 5 nitrogen and oxygen atoms in total. The number of methoxy groups -OCH3 is 1. The molecule has 0 spiro atoms. The van der Waals surface area contributed by atoms with Crippen molar-refractivity contribution in [3.63, 3.8) is 0 Å². The van der Waals surface area contributed by atoms with E-state index in [-0.39, 0.29) is 0 Å². The van der Waals surface area contributed by atoms with Gasteiger partial charge in [0.25, 0.3) is 0 Å². The molecular weight excluding hydrogens is 326 g/mol. The third-order valence-electron chi connectivity index (χ3n) is 3.86. The fourth-order valence-corrected chi connectivity index (χ4v) is 4.22. The lowest BCUT2D eigenvalue weighted by atomic mass is 10.2. The van der Waals surface area contributed by atoms with Crippen molar-refractivity contribution in [2.45, 2.75) is 11.8 Å². The summed E-state index contributed by atoms with van der Waals surface area (Å²) in [6.07, 6.45) is 0. The van der Waals surface area contributed by atoms with Crippen LogP contribution in [0.5, 0.6) is 0 Å². The number of sulfonamides is 1. The van der Waals surface area contributed by atoms with Crippen LogP contribution >= 0.6 is 0 Å². The molecule has 0 amide bonds. The lowest BCUT2D eigenvalue weighted by molar-refractivity contribution is 0.112. The smallest absolute Gasteiger partial charge is 0.246 e. The number of hydrogen-bond acceptors (Lipinski definition) is 4. The summed E-state index contributed by atoms with van der Waals surface area (Å²) in [7, 11) is -2.28. The predicted octanol–water partition coefficient (Wildman–Crippen LogP) is 1.55. The molecule has 8 heteroatoms. The zero-order valence-electron chi connectivity index (χ0n) is 13.3. The minimum Gasteiger partial charge on any atom is -0.384 e. The fourth-order valence-electron chi connectivity index (χ4n) is 2.75. The van der Waals surface area contributed by atoms with E-state index in [0.717, 1.165) is 18.7 Å². The number of nitrogens with zero attached hydrogens (tertiary/aromatic N) is 2. The molecule has 1 aliphatic heterocycles. The molecule has 2 rings (SSSR count). The Balaban J connectivity index is 2.01. The SMILES string of the molecule is COCC(C)CN1CCN(S(=O)(=O)c2ccc(F)cc2F)CC1. The van der Waals surface area contributed by atoms with Crippen molar-refractivity contribution >= 4 is 10.0 Å². The largest absolute Gasteiger partial charge is 0.384 e. The Bertz CT molecular complexity index is 632. The minimum atomic E-state index is -3.93. The van der Waals surface area contributed by atoms with E-state index in [9.17, 15) is 17.2 Å². The summed E-state index contributed by atoms with van der Waals surface area (Å²) in [5, 5.41) is 0. The van der Waals surface area contributed by atoms with Gasteiger partial charge >= 0.3 is 0 Å². The molecule has 1 heterocycles. The molecule has 1 saturated heterocycles. The van der Waals surface area contributed by atoms with Gasteiger partial charge < -0.3 is 9.64 Å². The molecule has 0 aromatic heterocycles. The van der Waals surface area contributed by atoms with Gasteiger partial charge in [-0.05, 0) is 18.1 Å². The molecule has 1 unspecified atom stereocenters. The van der Waals surface area contributed by atoms with Crippen LogP contribution in [0, 0.1) is 17.6 Å². The van der Waals surface area contributed by atoms with Gasteiger partial charge in [-0.3, -0.25) is 0 Å². The van der Waals surface area contributed by atoms with E-state index in [1.165, 1.54) is 4.31 Å². The highest BCUT2D eigenvalue weighted by atomic mass is 32.2. The Kier molecular flexibility index (Phi) is 6.07. The number of hydrogen-bond donors (Lipinski definition) is 0. The van der Waals surface area contributed by atoms with Crippen molar-refractivity contribution in [1.29, 1.82) is 0 Å². The lowest BCUT2D eigenvalue weighted by Crippen LogP contribution is -2.49. The third kappa shape index (κ3) is 4.47. The summed E-state index contributed by atoms with van der Waals surface area (Å²) in [6.45, 7) is 5.29. The number of piperazine rings is 1. The second-order valence-corrected chi connectivity index (χ2v) is 7.75. The van der Waals surface area contributed by atoms with E-state index in [1.54, 1.807) is 7.11 Å². The van der Waals surface area contributed by atoms with Gasteiger partial charge in [-0.15, -0.1) is 0 Å². The van der Waals surface area contributed by atoms with Crippen LogP contribution in [0.2, 0.25) is 0 Å². The molecule has 1 aromatic rings. The molecule has 0 bridgehead atoms. The first-order chi connectivity index (χ1) is 10.8. The predicted molar refractivity (Wildman–Crippen MR) is 82.6 cm³/mol. The first-order valence-corrected chi connectivity index (χ1v) is 8.95. The summed E-state index contributed by atoms with van der Waals surface area (Å²) in [4.78, 5) is 1.69. The number of benzene rings is 1. The highest BCUT2D eigenvalue weighted by molar-refractivity contribution is 7.89. The van der Waals surface area contributed by atoms with Crippen molar-refractivity contribution in [3.8, 4) is 0 Å². The zero-order chi connectivity index (χ0) is 17.0. The molecule has 1 atom stereocenters. The Labute approximate surface area is 135 Å².